The van der Waals surface area contributed by atoms with E-state index in [0.717, 1.165) is 24.1 Å². The number of hydrogen-bond acceptors (Lipinski definition) is 6. The van der Waals surface area contributed by atoms with E-state index in [1.165, 1.54) is 13.2 Å². The van der Waals surface area contributed by atoms with Crippen LogP contribution in [0.3, 0.4) is 0 Å². The van der Waals surface area contributed by atoms with E-state index in [9.17, 15) is 13.6 Å². The molecule has 1 aliphatic rings. The Morgan fingerprint density at radius 3 is 2.50 bits per heavy atom. The molecular formula is C27H28F2N2O5. The summed E-state index contributed by atoms with van der Waals surface area (Å²) in [5.41, 5.74) is 2.00. The molecule has 4 rings (SSSR count). The average molecular weight is 499 g/mol. The molecule has 0 saturated heterocycles. The van der Waals surface area contributed by atoms with Gasteiger partial charge in [-0.2, -0.15) is 8.78 Å². The Hall–Kier alpha value is -3.88. The fraction of sp³-hybridized carbons (Fsp3) is 0.333. The molecule has 0 radical (unpaired) electrons. The van der Waals surface area contributed by atoms with Crippen LogP contribution in [-0.4, -0.2) is 42.2 Å². The van der Waals surface area contributed by atoms with Gasteiger partial charge in [-0.05, 0) is 67.8 Å². The second-order valence-corrected chi connectivity index (χ2v) is 8.23. The SMILES string of the molecule is CCOc1cc(C(=O)N(Cc2ccc(OC(F)F)c(OC)c2)C2CC2)ccc1OCc1ccccn1. The van der Waals surface area contributed by atoms with Gasteiger partial charge in [-0.3, -0.25) is 9.78 Å². The molecule has 1 amide bonds. The standard InChI is InChI=1S/C27H28F2N2O5/c1-3-34-25-15-19(8-12-22(25)35-17-20-6-4-5-13-30-20)26(32)31(21-9-10-21)16-18-7-11-23(36-27(28)29)24(14-18)33-2/h4-8,11-15,21,27H,3,9-10,16-17H2,1-2H3. The quantitative estimate of drug-likeness (QED) is 0.330. The lowest BCUT2D eigenvalue weighted by molar-refractivity contribution is -0.0512. The molecule has 0 bridgehead atoms. The number of rotatable bonds is 12. The third kappa shape index (κ3) is 6.41. The second kappa shape index (κ2) is 11.7. The zero-order chi connectivity index (χ0) is 25.5. The summed E-state index contributed by atoms with van der Waals surface area (Å²) in [6.45, 7) is -0.101. The molecule has 1 aromatic heterocycles. The van der Waals surface area contributed by atoms with Crippen LogP contribution in [0.4, 0.5) is 8.78 Å². The van der Waals surface area contributed by atoms with Crippen molar-refractivity contribution in [2.75, 3.05) is 13.7 Å². The second-order valence-electron chi connectivity index (χ2n) is 8.23. The zero-order valence-electron chi connectivity index (χ0n) is 20.2. The Balaban J connectivity index is 1.52. The third-order valence-corrected chi connectivity index (χ3v) is 5.64. The van der Waals surface area contributed by atoms with Crippen LogP contribution in [0.1, 0.15) is 41.4 Å². The highest BCUT2D eigenvalue weighted by molar-refractivity contribution is 5.95. The van der Waals surface area contributed by atoms with Crippen molar-refractivity contribution in [3.05, 3.63) is 77.6 Å². The Labute approximate surface area is 208 Å². The van der Waals surface area contributed by atoms with Crippen LogP contribution >= 0.6 is 0 Å². The Bertz CT molecular complexity index is 1170. The number of pyridine rings is 1. The van der Waals surface area contributed by atoms with Gasteiger partial charge < -0.3 is 23.8 Å². The molecular weight excluding hydrogens is 470 g/mol. The predicted molar refractivity (Wildman–Crippen MR) is 129 cm³/mol. The number of nitrogens with zero attached hydrogens (tertiary/aromatic N) is 2. The van der Waals surface area contributed by atoms with Gasteiger partial charge in [-0.1, -0.05) is 12.1 Å². The van der Waals surface area contributed by atoms with Crippen molar-refractivity contribution in [1.82, 2.24) is 9.88 Å². The van der Waals surface area contributed by atoms with Gasteiger partial charge in [0.1, 0.15) is 6.61 Å². The van der Waals surface area contributed by atoms with E-state index >= 15 is 0 Å². The van der Waals surface area contributed by atoms with Gasteiger partial charge in [0.05, 0.1) is 19.4 Å². The van der Waals surface area contributed by atoms with Crippen molar-refractivity contribution in [3.8, 4) is 23.0 Å². The molecule has 1 aliphatic carbocycles. The van der Waals surface area contributed by atoms with Crippen LogP contribution in [0.15, 0.2) is 60.8 Å². The Morgan fingerprint density at radius 2 is 1.83 bits per heavy atom. The molecule has 0 unspecified atom stereocenters. The molecule has 1 heterocycles. The van der Waals surface area contributed by atoms with E-state index in [4.69, 9.17) is 14.2 Å². The molecule has 0 aliphatic heterocycles. The number of aromatic nitrogens is 1. The Morgan fingerprint density at radius 1 is 1.03 bits per heavy atom. The first-order chi connectivity index (χ1) is 17.5. The summed E-state index contributed by atoms with van der Waals surface area (Å²) in [4.78, 5) is 19.5. The summed E-state index contributed by atoms with van der Waals surface area (Å²) in [6, 6.07) is 15.5. The van der Waals surface area contributed by atoms with Gasteiger partial charge in [0, 0.05) is 24.3 Å². The first-order valence-electron chi connectivity index (χ1n) is 11.7. The van der Waals surface area contributed by atoms with Crippen LogP contribution in [0.25, 0.3) is 0 Å². The van der Waals surface area contributed by atoms with Crippen molar-refractivity contribution in [3.63, 3.8) is 0 Å². The normalized spacial score (nSPS) is 12.8. The summed E-state index contributed by atoms with van der Waals surface area (Å²) in [7, 11) is 1.38. The summed E-state index contributed by atoms with van der Waals surface area (Å²) in [6.07, 6.45) is 3.50. The number of carbonyl (C=O) groups excluding carboxylic acids is 1. The smallest absolute Gasteiger partial charge is 0.387 e. The number of carbonyl (C=O) groups is 1. The lowest BCUT2D eigenvalue weighted by atomic mass is 10.1. The minimum absolute atomic E-state index is 0.0526. The zero-order valence-corrected chi connectivity index (χ0v) is 20.2. The van der Waals surface area contributed by atoms with Crippen molar-refractivity contribution >= 4 is 5.91 Å². The number of methoxy groups -OCH3 is 1. The van der Waals surface area contributed by atoms with E-state index in [1.807, 2.05) is 25.1 Å². The minimum atomic E-state index is -2.95. The molecule has 9 heteroatoms. The molecule has 0 N–H and O–H groups in total. The molecule has 0 atom stereocenters. The van der Waals surface area contributed by atoms with Crippen LogP contribution < -0.4 is 18.9 Å². The summed E-state index contributed by atoms with van der Waals surface area (Å²) in [5.74, 6) is 0.982. The number of amides is 1. The minimum Gasteiger partial charge on any atom is -0.493 e. The van der Waals surface area contributed by atoms with Crippen LogP contribution in [0, 0.1) is 0 Å². The van der Waals surface area contributed by atoms with Gasteiger partial charge in [0.15, 0.2) is 23.0 Å². The summed E-state index contributed by atoms with van der Waals surface area (Å²) < 4.78 is 46.7. The molecule has 1 fully saturated rings. The lowest BCUT2D eigenvalue weighted by Gasteiger charge is -2.24. The molecule has 190 valence electrons. The third-order valence-electron chi connectivity index (χ3n) is 5.64. The van der Waals surface area contributed by atoms with Gasteiger partial charge in [0.2, 0.25) is 0 Å². The monoisotopic (exact) mass is 498 g/mol. The fourth-order valence-corrected chi connectivity index (χ4v) is 3.78. The summed E-state index contributed by atoms with van der Waals surface area (Å²) in [5, 5.41) is 0. The highest BCUT2D eigenvalue weighted by atomic mass is 19.3. The van der Waals surface area contributed by atoms with Gasteiger partial charge in [0.25, 0.3) is 5.91 Å². The highest BCUT2D eigenvalue weighted by Crippen LogP contribution is 2.35. The van der Waals surface area contributed by atoms with Crippen molar-refractivity contribution in [2.45, 2.75) is 45.6 Å². The van der Waals surface area contributed by atoms with Crippen LogP contribution in [-0.2, 0) is 13.2 Å². The maximum atomic E-state index is 13.5. The highest BCUT2D eigenvalue weighted by Gasteiger charge is 2.33. The van der Waals surface area contributed by atoms with E-state index in [0.29, 0.717) is 30.2 Å². The predicted octanol–water partition coefficient (Wildman–Crippen LogP) is 5.47. The van der Waals surface area contributed by atoms with Crippen molar-refractivity contribution in [2.24, 2.45) is 0 Å². The molecule has 0 spiro atoms. The molecule has 3 aromatic rings. The van der Waals surface area contributed by atoms with E-state index in [1.54, 1.807) is 41.4 Å². The molecule has 1 saturated carbocycles. The number of ether oxygens (including phenoxy) is 4. The number of halogens is 2. The topological polar surface area (TPSA) is 70.1 Å². The maximum absolute atomic E-state index is 13.5. The van der Waals surface area contributed by atoms with E-state index in [-0.39, 0.29) is 30.1 Å². The summed E-state index contributed by atoms with van der Waals surface area (Å²) >= 11 is 0. The van der Waals surface area contributed by atoms with Crippen molar-refractivity contribution in [1.29, 1.82) is 0 Å². The van der Waals surface area contributed by atoms with Gasteiger partial charge in [-0.15, -0.1) is 0 Å². The molecule has 36 heavy (non-hydrogen) atoms. The largest absolute Gasteiger partial charge is 0.493 e. The van der Waals surface area contributed by atoms with Crippen LogP contribution in [0.2, 0.25) is 0 Å². The number of alkyl halides is 2. The van der Waals surface area contributed by atoms with Gasteiger partial charge >= 0.3 is 6.61 Å². The molecule has 2 aromatic carbocycles. The first-order valence-corrected chi connectivity index (χ1v) is 11.7. The van der Waals surface area contributed by atoms with E-state index < -0.39 is 6.61 Å². The van der Waals surface area contributed by atoms with E-state index in [2.05, 4.69) is 9.72 Å². The number of benzene rings is 2. The number of hydrogen-bond donors (Lipinski definition) is 0. The molecule has 7 nitrogen and oxygen atoms in total. The fourth-order valence-electron chi connectivity index (χ4n) is 3.78. The van der Waals surface area contributed by atoms with Gasteiger partial charge in [-0.25, -0.2) is 0 Å². The Kier molecular flexibility index (Phi) is 8.20. The average Bonchev–Trinajstić information content (AvgIpc) is 3.73. The van der Waals surface area contributed by atoms with Crippen LogP contribution in [0.5, 0.6) is 23.0 Å². The first kappa shape index (κ1) is 25.2. The lowest BCUT2D eigenvalue weighted by Crippen LogP contribution is -2.32. The van der Waals surface area contributed by atoms with Crippen molar-refractivity contribution < 1.29 is 32.5 Å². The maximum Gasteiger partial charge on any atom is 0.387 e.